The van der Waals surface area contributed by atoms with Gasteiger partial charge in [0.05, 0.1) is 0 Å². The lowest BCUT2D eigenvalue weighted by atomic mass is 9.99. The number of carbonyl (C=O) groups excluding carboxylic acids is 1. The van der Waals surface area contributed by atoms with Crippen LogP contribution in [0.3, 0.4) is 0 Å². The zero-order chi connectivity index (χ0) is 13.1. The lowest BCUT2D eigenvalue weighted by molar-refractivity contribution is -0.119. The van der Waals surface area contributed by atoms with E-state index >= 15 is 0 Å². The number of anilines is 1. The van der Waals surface area contributed by atoms with E-state index in [2.05, 4.69) is 0 Å². The highest BCUT2D eigenvalue weighted by atomic mass is 35.5. The van der Waals surface area contributed by atoms with Gasteiger partial charge in [0.25, 0.3) is 0 Å². The van der Waals surface area contributed by atoms with Gasteiger partial charge in [-0.25, -0.2) is 0 Å². The van der Waals surface area contributed by atoms with Gasteiger partial charge in [0, 0.05) is 23.8 Å². The summed E-state index contributed by atoms with van der Waals surface area (Å²) in [6, 6.07) is 5.34. The molecule has 2 rings (SSSR count). The zero-order valence-corrected chi connectivity index (χ0v) is 11.0. The second-order valence-electron chi connectivity index (χ2n) is 4.58. The van der Waals surface area contributed by atoms with Gasteiger partial charge in [-0.05, 0) is 37.0 Å². The molecule has 0 aromatic heterocycles. The van der Waals surface area contributed by atoms with E-state index in [-0.39, 0.29) is 11.9 Å². The third kappa shape index (κ3) is 2.60. The maximum Gasteiger partial charge on any atom is 0.240 e. The minimum atomic E-state index is -0.280. The van der Waals surface area contributed by atoms with E-state index in [4.69, 9.17) is 23.1 Å². The molecule has 98 valence electrons. The first-order valence-corrected chi connectivity index (χ1v) is 6.55. The summed E-state index contributed by atoms with van der Waals surface area (Å²) in [5.74, 6) is -0.280. The summed E-state index contributed by atoms with van der Waals surface area (Å²) in [4.78, 5) is 13.6. The third-order valence-electron chi connectivity index (χ3n) is 3.41. The quantitative estimate of drug-likeness (QED) is 0.875. The number of hydrogen-bond acceptors (Lipinski definition) is 3. The van der Waals surface area contributed by atoms with Gasteiger partial charge in [0.2, 0.25) is 5.91 Å². The van der Waals surface area contributed by atoms with Gasteiger partial charge in [0.1, 0.15) is 6.04 Å². The van der Waals surface area contributed by atoms with Crippen LogP contribution in [0.5, 0.6) is 0 Å². The fourth-order valence-electron chi connectivity index (χ4n) is 2.49. The van der Waals surface area contributed by atoms with Crippen molar-refractivity contribution in [2.45, 2.75) is 31.8 Å². The van der Waals surface area contributed by atoms with Crippen LogP contribution in [0.1, 0.15) is 24.8 Å². The molecular formula is C13H18ClN3O. The molecule has 1 saturated heterocycles. The summed E-state index contributed by atoms with van der Waals surface area (Å²) in [5, 5.41) is 0.649. The van der Waals surface area contributed by atoms with Gasteiger partial charge in [-0.3, -0.25) is 4.79 Å². The van der Waals surface area contributed by atoms with Crippen molar-refractivity contribution in [3.05, 3.63) is 28.8 Å². The largest absolute Gasteiger partial charge is 0.368 e. The van der Waals surface area contributed by atoms with Crippen LogP contribution >= 0.6 is 11.6 Å². The van der Waals surface area contributed by atoms with Gasteiger partial charge >= 0.3 is 0 Å². The molecule has 1 unspecified atom stereocenters. The first kappa shape index (κ1) is 13.2. The summed E-state index contributed by atoms with van der Waals surface area (Å²) in [5.41, 5.74) is 13.2. The number of nitrogens with two attached hydrogens (primary N) is 2. The SMILES string of the molecule is NCc1ccc(Cl)cc1N1CCCCC1C(N)=O. The van der Waals surface area contributed by atoms with Crippen LogP contribution in [0.15, 0.2) is 18.2 Å². The summed E-state index contributed by atoms with van der Waals surface area (Å²) >= 11 is 6.04. The predicted molar refractivity (Wildman–Crippen MR) is 73.5 cm³/mol. The van der Waals surface area contributed by atoms with Crippen LogP contribution in [0, 0.1) is 0 Å². The molecule has 1 fully saturated rings. The summed E-state index contributed by atoms with van der Waals surface area (Å²) in [6.45, 7) is 1.25. The Balaban J connectivity index is 2.38. The number of halogens is 1. The molecule has 0 spiro atoms. The van der Waals surface area contributed by atoms with E-state index in [1.54, 1.807) is 0 Å². The maximum atomic E-state index is 11.5. The van der Waals surface area contributed by atoms with Gasteiger partial charge in [-0.15, -0.1) is 0 Å². The number of nitrogens with zero attached hydrogens (tertiary/aromatic N) is 1. The average molecular weight is 268 g/mol. The Labute approximate surface area is 112 Å². The Morgan fingerprint density at radius 2 is 2.22 bits per heavy atom. The van der Waals surface area contributed by atoms with Crippen LogP contribution in [0.2, 0.25) is 5.02 Å². The van der Waals surface area contributed by atoms with Crippen LogP contribution < -0.4 is 16.4 Å². The van der Waals surface area contributed by atoms with Gasteiger partial charge < -0.3 is 16.4 Å². The molecule has 1 aromatic carbocycles. The summed E-state index contributed by atoms with van der Waals surface area (Å²) < 4.78 is 0. The van der Waals surface area contributed by atoms with Crippen molar-refractivity contribution in [2.24, 2.45) is 11.5 Å². The van der Waals surface area contributed by atoms with E-state index in [1.807, 2.05) is 23.1 Å². The fourth-order valence-corrected chi connectivity index (χ4v) is 2.66. The Morgan fingerprint density at radius 3 is 2.89 bits per heavy atom. The Kier molecular flexibility index (Phi) is 4.09. The molecule has 0 saturated carbocycles. The molecule has 1 aliphatic rings. The topological polar surface area (TPSA) is 72.3 Å². The Hall–Kier alpha value is -1.26. The monoisotopic (exact) mass is 267 g/mol. The number of rotatable bonds is 3. The van der Waals surface area contributed by atoms with E-state index in [9.17, 15) is 4.79 Å². The number of amides is 1. The normalized spacial score (nSPS) is 19.9. The Bertz CT molecular complexity index is 450. The van der Waals surface area contributed by atoms with Crippen molar-refractivity contribution in [1.82, 2.24) is 0 Å². The van der Waals surface area contributed by atoms with Crippen molar-refractivity contribution in [2.75, 3.05) is 11.4 Å². The molecule has 18 heavy (non-hydrogen) atoms. The number of piperidine rings is 1. The number of primary amides is 1. The number of carbonyl (C=O) groups is 1. The van der Waals surface area contributed by atoms with Crippen LogP contribution in [0.25, 0.3) is 0 Å². The van der Waals surface area contributed by atoms with Crippen molar-refractivity contribution < 1.29 is 4.79 Å². The molecule has 4 nitrogen and oxygen atoms in total. The van der Waals surface area contributed by atoms with Crippen molar-refractivity contribution in [3.63, 3.8) is 0 Å². The molecular weight excluding hydrogens is 250 g/mol. The molecule has 4 N–H and O–H groups in total. The van der Waals surface area contributed by atoms with Gasteiger partial charge in [-0.2, -0.15) is 0 Å². The van der Waals surface area contributed by atoms with E-state index < -0.39 is 0 Å². The van der Waals surface area contributed by atoms with Crippen LogP contribution in [0.4, 0.5) is 5.69 Å². The molecule has 0 radical (unpaired) electrons. The molecule has 5 heteroatoms. The molecule has 0 aliphatic carbocycles. The number of benzene rings is 1. The predicted octanol–water partition coefficient (Wildman–Crippen LogP) is 1.64. The summed E-state index contributed by atoms with van der Waals surface area (Å²) in [7, 11) is 0. The van der Waals surface area contributed by atoms with Crippen molar-refractivity contribution in [1.29, 1.82) is 0 Å². The minimum absolute atomic E-state index is 0.248. The molecule has 1 amide bonds. The molecule has 0 bridgehead atoms. The first-order valence-electron chi connectivity index (χ1n) is 6.18. The van der Waals surface area contributed by atoms with Crippen LogP contribution in [-0.4, -0.2) is 18.5 Å². The van der Waals surface area contributed by atoms with Crippen LogP contribution in [-0.2, 0) is 11.3 Å². The lowest BCUT2D eigenvalue weighted by Gasteiger charge is -2.36. The number of hydrogen-bond donors (Lipinski definition) is 2. The van der Waals surface area contributed by atoms with E-state index in [0.29, 0.717) is 11.6 Å². The molecule has 1 aromatic rings. The van der Waals surface area contributed by atoms with Crippen molar-refractivity contribution >= 4 is 23.2 Å². The third-order valence-corrected chi connectivity index (χ3v) is 3.64. The highest BCUT2D eigenvalue weighted by Crippen LogP contribution is 2.30. The van der Waals surface area contributed by atoms with E-state index in [1.165, 1.54) is 0 Å². The van der Waals surface area contributed by atoms with E-state index in [0.717, 1.165) is 37.1 Å². The molecule has 1 atom stereocenters. The fraction of sp³-hybridized carbons (Fsp3) is 0.462. The lowest BCUT2D eigenvalue weighted by Crippen LogP contribution is -2.48. The second-order valence-corrected chi connectivity index (χ2v) is 5.02. The molecule has 1 heterocycles. The maximum absolute atomic E-state index is 11.5. The average Bonchev–Trinajstić information content (AvgIpc) is 2.38. The molecule has 1 aliphatic heterocycles. The zero-order valence-electron chi connectivity index (χ0n) is 10.2. The van der Waals surface area contributed by atoms with Crippen molar-refractivity contribution in [3.8, 4) is 0 Å². The summed E-state index contributed by atoms with van der Waals surface area (Å²) in [6.07, 6.45) is 2.88. The second kappa shape index (κ2) is 5.59. The highest BCUT2D eigenvalue weighted by Gasteiger charge is 2.28. The Morgan fingerprint density at radius 1 is 1.44 bits per heavy atom. The highest BCUT2D eigenvalue weighted by molar-refractivity contribution is 6.30. The minimum Gasteiger partial charge on any atom is -0.368 e. The first-order chi connectivity index (χ1) is 8.63. The smallest absolute Gasteiger partial charge is 0.240 e. The standard InChI is InChI=1S/C13H18ClN3O/c14-10-5-4-9(8-15)12(7-10)17-6-2-1-3-11(17)13(16)18/h4-5,7,11H,1-3,6,8,15H2,(H2,16,18). The van der Waals surface area contributed by atoms with Gasteiger partial charge in [-0.1, -0.05) is 17.7 Å². The van der Waals surface area contributed by atoms with Gasteiger partial charge in [0.15, 0.2) is 0 Å².